The third-order valence-electron chi connectivity index (χ3n) is 5.45. The summed E-state index contributed by atoms with van der Waals surface area (Å²) in [6, 6.07) is 23.1. The van der Waals surface area contributed by atoms with Gasteiger partial charge in [-0.25, -0.2) is 0 Å². The number of carbonyl (C=O) groups excluding carboxylic acids is 2. The van der Waals surface area contributed by atoms with Gasteiger partial charge in [0.15, 0.2) is 0 Å². The van der Waals surface area contributed by atoms with E-state index in [1.807, 2.05) is 78.6 Å². The average molecular weight is 384 g/mol. The maximum atomic E-state index is 13.1. The van der Waals surface area contributed by atoms with Gasteiger partial charge < -0.3 is 10.2 Å². The monoisotopic (exact) mass is 384 g/mol. The minimum absolute atomic E-state index is 0.0120. The van der Waals surface area contributed by atoms with E-state index in [9.17, 15) is 9.59 Å². The van der Waals surface area contributed by atoms with Crippen molar-refractivity contribution in [3.05, 3.63) is 101 Å². The summed E-state index contributed by atoms with van der Waals surface area (Å²) in [6.07, 6.45) is 0.837. The Bertz CT molecular complexity index is 1060. The molecule has 1 N–H and O–H groups in total. The highest BCUT2D eigenvalue weighted by molar-refractivity contribution is 6.07. The van der Waals surface area contributed by atoms with E-state index >= 15 is 0 Å². The van der Waals surface area contributed by atoms with E-state index in [0.717, 1.165) is 28.8 Å². The summed E-state index contributed by atoms with van der Waals surface area (Å²) in [5.41, 5.74) is 5.40. The highest BCUT2D eigenvalue weighted by Crippen LogP contribution is 2.34. The molecule has 1 atom stereocenters. The van der Waals surface area contributed by atoms with Crippen molar-refractivity contribution in [2.75, 3.05) is 4.90 Å². The van der Waals surface area contributed by atoms with Crippen LogP contribution in [0.4, 0.5) is 5.69 Å². The molecule has 29 heavy (non-hydrogen) atoms. The molecule has 0 aromatic heterocycles. The van der Waals surface area contributed by atoms with Gasteiger partial charge in [0.05, 0.1) is 0 Å². The Morgan fingerprint density at radius 1 is 1.00 bits per heavy atom. The predicted octanol–water partition coefficient (Wildman–Crippen LogP) is 4.52. The number of carbonyl (C=O) groups is 2. The lowest BCUT2D eigenvalue weighted by molar-refractivity contribution is 0.0948. The highest BCUT2D eigenvalue weighted by atomic mass is 16.2. The quantitative estimate of drug-likeness (QED) is 0.719. The fraction of sp³-hybridized carbons (Fsp3) is 0.200. The number of aryl methyl sites for hydroxylation is 1. The first kappa shape index (κ1) is 18.9. The van der Waals surface area contributed by atoms with Gasteiger partial charge in [0, 0.05) is 29.4 Å². The van der Waals surface area contributed by atoms with Crippen LogP contribution in [-0.4, -0.2) is 17.9 Å². The molecule has 1 aliphatic rings. The van der Waals surface area contributed by atoms with E-state index in [-0.39, 0.29) is 17.9 Å². The summed E-state index contributed by atoms with van der Waals surface area (Å²) in [7, 11) is 0. The molecule has 146 valence electrons. The number of fused-ring (bicyclic) bond motifs is 1. The molecule has 4 rings (SSSR count). The van der Waals surface area contributed by atoms with Crippen LogP contribution in [0.5, 0.6) is 0 Å². The smallest absolute Gasteiger partial charge is 0.258 e. The highest BCUT2D eigenvalue weighted by Gasteiger charge is 2.31. The Kier molecular flexibility index (Phi) is 5.17. The van der Waals surface area contributed by atoms with Crippen molar-refractivity contribution in [1.82, 2.24) is 5.32 Å². The molecule has 0 fully saturated rings. The van der Waals surface area contributed by atoms with Crippen LogP contribution in [0.15, 0.2) is 72.8 Å². The zero-order valence-corrected chi connectivity index (χ0v) is 16.7. The second-order valence-corrected chi connectivity index (χ2v) is 7.55. The topological polar surface area (TPSA) is 49.4 Å². The van der Waals surface area contributed by atoms with Gasteiger partial charge in [0.2, 0.25) is 0 Å². The van der Waals surface area contributed by atoms with E-state index in [1.54, 1.807) is 0 Å². The Morgan fingerprint density at radius 2 is 1.72 bits per heavy atom. The lowest BCUT2D eigenvalue weighted by atomic mass is 10.1. The summed E-state index contributed by atoms with van der Waals surface area (Å²) in [5, 5.41) is 2.99. The number of hydrogen-bond acceptors (Lipinski definition) is 2. The Morgan fingerprint density at radius 3 is 2.48 bits per heavy atom. The molecule has 0 spiro atoms. The summed E-state index contributed by atoms with van der Waals surface area (Å²) in [6.45, 7) is 4.42. The zero-order chi connectivity index (χ0) is 20.4. The second kappa shape index (κ2) is 7.92. The third kappa shape index (κ3) is 3.79. The van der Waals surface area contributed by atoms with Gasteiger partial charge in [0.1, 0.15) is 0 Å². The molecular weight excluding hydrogens is 360 g/mol. The minimum atomic E-state index is -0.0887. The van der Waals surface area contributed by atoms with Gasteiger partial charge in [-0.3, -0.25) is 9.59 Å². The molecule has 0 saturated carbocycles. The van der Waals surface area contributed by atoms with E-state index in [4.69, 9.17) is 0 Å². The number of anilines is 1. The van der Waals surface area contributed by atoms with Gasteiger partial charge in [0.25, 0.3) is 11.8 Å². The normalized spacial score (nSPS) is 15.1. The number of nitrogens with one attached hydrogen (secondary N) is 1. The first-order valence-corrected chi connectivity index (χ1v) is 9.89. The first-order valence-electron chi connectivity index (χ1n) is 9.89. The van der Waals surface area contributed by atoms with E-state index in [1.165, 1.54) is 0 Å². The lowest BCUT2D eigenvalue weighted by Crippen LogP contribution is -2.35. The molecule has 4 nitrogen and oxygen atoms in total. The fourth-order valence-corrected chi connectivity index (χ4v) is 3.90. The summed E-state index contributed by atoms with van der Waals surface area (Å²) in [5.74, 6) is -0.0767. The van der Waals surface area contributed by atoms with Crippen molar-refractivity contribution < 1.29 is 9.59 Å². The molecular formula is C25H24N2O2. The molecule has 2 amide bonds. The molecule has 1 heterocycles. The molecule has 0 aliphatic carbocycles. The van der Waals surface area contributed by atoms with Crippen LogP contribution < -0.4 is 10.2 Å². The maximum Gasteiger partial charge on any atom is 0.258 e. The zero-order valence-electron chi connectivity index (χ0n) is 16.7. The van der Waals surface area contributed by atoms with Crippen LogP contribution in [-0.2, 0) is 13.0 Å². The van der Waals surface area contributed by atoms with Crippen molar-refractivity contribution in [3.63, 3.8) is 0 Å². The minimum Gasteiger partial charge on any atom is -0.348 e. The number of benzene rings is 3. The molecule has 1 aliphatic heterocycles. The average Bonchev–Trinajstić information content (AvgIpc) is 3.07. The van der Waals surface area contributed by atoms with Gasteiger partial charge >= 0.3 is 0 Å². The Hall–Kier alpha value is -3.40. The van der Waals surface area contributed by atoms with Crippen molar-refractivity contribution >= 4 is 17.5 Å². The molecule has 0 unspecified atom stereocenters. The van der Waals surface area contributed by atoms with Crippen molar-refractivity contribution in [3.8, 4) is 0 Å². The van der Waals surface area contributed by atoms with E-state index < -0.39 is 0 Å². The van der Waals surface area contributed by atoms with Gasteiger partial charge in [-0.1, -0.05) is 48.5 Å². The predicted molar refractivity (Wildman–Crippen MR) is 115 cm³/mol. The summed E-state index contributed by atoms with van der Waals surface area (Å²) in [4.78, 5) is 27.5. The van der Waals surface area contributed by atoms with Gasteiger partial charge in [-0.15, -0.1) is 0 Å². The van der Waals surface area contributed by atoms with Crippen molar-refractivity contribution in [1.29, 1.82) is 0 Å². The lowest BCUT2D eigenvalue weighted by Gasteiger charge is -2.23. The van der Waals surface area contributed by atoms with Crippen LogP contribution in [0.2, 0.25) is 0 Å². The van der Waals surface area contributed by atoms with Crippen LogP contribution in [0.1, 0.15) is 44.3 Å². The third-order valence-corrected chi connectivity index (χ3v) is 5.45. The van der Waals surface area contributed by atoms with E-state index in [2.05, 4.69) is 18.3 Å². The maximum absolute atomic E-state index is 13.1. The first-order chi connectivity index (χ1) is 14.0. The fourth-order valence-electron chi connectivity index (χ4n) is 3.90. The number of hydrogen-bond donors (Lipinski definition) is 1. The number of nitrogens with zero attached hydrogens (tertiary/aromatic N) is 1. The van der Waals surface area contributed by atoms with Crippen LogP contribution in [0.3, 0.4) is 0 Å². The summed E-state index contributed by atoms with van der Waals surface area (Å²) < 4.78 is 0. The van der Waals surface area contributed by atoms with Crippen LogP contribution in [0.25, 0.3) is 0 Å². The largest absolute Gasteiger partial charge is 0.348 e. The number of rotatable bonds is 4. The second-order valence-electron chi connectivity index (χ2n) is 7.55. The Labute approximate surface area is 171 Å². The standard InChI is InChI=1S/C25H24N2O2/c1-17-8-6-7-11-22(17)24(28)26-16-19-12-13-21-14-18(2)27(23(21)15-19)25(29)20-9-4-3-5-10-20/h3-13,15,18H,14,16H2,1-2H3,(H,26,28)/t18-/m0/s1. The van der Waals surface area contributed by atoms with Gasteiger partial charge in [-0.05, 0) is 61.2 Å². The van der Waals surface area contributed by atoms with Crippen LogP contribution >= 0.6 is 0 Å². The molecule has 0 radical (unpaired) electrons. The SMILES string of the molecule is Cc1ccccc1C(=O)NCc1ccc2c(c1)N(C(=O)c1ccccc1)[C@@H](C)C2. The van der Waals surface area contributed by atoms with Crippen molar-refractivity contribution in [2.45, 2.75) is 32.9 Å². The van der Waals surface area contributed by atoms with E-state index in [0.29, 0.717) is 17.7 Å². The molecule has 4 heteroatoms. The number of amides is 2. The molecule has 0 saturated heterocycles. The van der Waals surface area contributed by atoms with Crippen molar-refractivity contribution in [2.24, 2.45) is 0 Å². The van der Waals surface area contributed by atoms with Crippen LogP contribution in [0, 0.1) is 6.92 Å². The Balaban J connectivity index is 1.54. The molecule has 0 bridgehead atoms. The summed E-state index contributed by atoms with van der Waals surface area (Å²) >= 11 is 0. The molecule has 3 aromatic carbocycles. The van der Waals surface area contributed by atoms with Gasteiger partial charge in [-0.2, -0.15) is 0 Å². The molecule has 3 aromatic rings.